The van der Waals surface area contributed by atoms with Crippen LogP contribution in [-0.2, 0) is 14.3 Å². The molecule has 30 heavy (non-hydrogen) atoms. The third-order valence-electron chi connectivity index (χ3n) is 8.72. The number of rotatable bonds is 2. The molecule has 5 heteroatoms. The highest BCUT2D eigenvalue weighted by atomic mass is 16.6. The molecule has 1 N–H and O–H groups in total. The monoisotopic (exact) mass is 414 g/mol. The average Bonchev–Trinajstić information content (AvgIpc) is 3.26. The molecule has 164 valence electrons. The van der Waals surface area contributed by atoms with Gasteiger partial charge in [0.25, 0.3) is 0 Å². The molecule has 2 bridgehead atoms. The first-order chi connectivity index (χ1) is 14.1. The van der Waals surface area contributed by atoms with Crippen LogP contribution in [0.2, 0.25) is 0 Å². The van der Waals surface area contributed by atoms with Gasteiger partial charge < -0.3 is 19.0 Å². The van der Waals surface area contributed by atoms with E-state index >= 15 is 0 Å². The summed E-state index contributed by atoms with van der Waals surface area (Å²) >= 11 is 0. The standard InChI is InChI=1S/C25H34O5/c1-13(2)11-19-25-16(5)17-8-7-15(4)24(17,27)22(26)21(25)23(6,30-19)12-18(29-25)20-14(3)9-10-28-20/h9-11,15-19,21,27H,7-8,12H2,1-6H3/t15-,16-,17-,18+,19+,21-,23-,24+,25-/m0/s1. The number of aliphatic hydroxyl groups is 1. The number of ether oxygens (including phenoxy) is 2. The van der Waals surface area contributed by atoms with Crippen LogP contribution in [0.1, 0.15) is 71.3 Å². The lowest BCUT2D eigenvalue weighted by Crippen LogP contribution is -2.71. The second-order valence-corrected chi connectivity index (χ2v) is 10.7. The summed E-state index contributed by atoms with van der Waals surface area (Å²) in [7, 11) is 0. The van der Waals surface area contributed by atoms with Crippen molar-refractivity contribution >= 4 is 5.78 Å². The largest absolute Gasteiger partial charge is 0.466 e. The maximum atomic E-state index is 14.0. The first-order valence-electron chi connectivity index (χ1n) is 11.4. The molecule has 0 unspecified atom stereocenters. The van der Waals surface area contributed by atoms with Gasteiger partial charge in [0, 0.05) is 12.3 Å². The van der Waals surface area contributed by atoms with Gasteiger partial charge in [0.1, 0.15) is 29.2 Å². The van der Waals surface area contributed by atoms with E-state index in [2.05, 4.69) is 26.8 Å². The third-order valence-corrected chi connectivity index (χ3v) is 8.72. The normalized spacial score (nSPS) is 49.6. The van der Waals surface area contributed by atoms with Crippen molar-refractivity contribution in [2.24, 2.45) is 23.7 Å². The molecule has 0 spiro atoms. The fraction of sp³-hybridized carbons (Fsp3) is 0.720. The number of allylic oxidation sites excluding steroid dienone is 1. The second kappa shape index (κ2) is 6.30. The predicted octanol–water partition coefficient (Wildman–Crippen LogP) is 4.52. The van der Waals surface area contributed by atoms with E-state index in [-0.39, 0.29) is 35.7 Å². The summed E-state index contributed by atoms with van der Waals surface area (Å²) in [4.78, 5) is 14.0. The van der Waals surface area contributed by atoms with Gasteiger partial charge in [-0.05, 0) is 64.0 Å². The molecule has 2 aliphatic heterocycles. The number of Topliss-reactive ketones (excluding diaryl/α,β-unsaturated/α-hetero) is 1. The molecule has 5 rings (SSSR count). The van der Waals surface area contributed by atoms with Crippen LogP contribution in [0.3, 0.4) is 0 Å². The van der Waals surface area contributed by atoms with Gasteiger partial charge in [-0.2, -0.15) is 0 Å². The number of fused-ring (bicyclic) bond motifs is 1. The topological polar surface area (TPSA) is 68.9 Å². The molecule has 0 radical (unpaired) electrons. The smallest absolute Gasteiger partial charge is 0.173 e. The lowest BCUT2D eigenvalue weighted by molar-refractivity contribution is -0.240. The van der Waals surface area contributed by atoms with Gasteiger partial charge in [0.2, 0.25) is 0 Å². The molecule has 5 nitrogen and oxygen atoms in total. The van der Waals surface area contributed by atoms with E-state index in [9.17, 15) is 9.90 Å². The number of carbonyl (C=O) groups excluding carboxylic acids is 1. The third kappa shape index (κ3) is 2.32. The van der Waals surface area contributed by atoms with Crippen LogP contribution in [0.15, 0.2) is 28.4 Å². The summed E-state index contributed by atoms with van der Waals surface area (Å²) in [6, 6.07) is 1.95. The first kappa shape index (κ1) is 20.5. The summed E-state index contributed by atoms with van der Waals surface area (Å²) in [5.41, 5.74) is -0.606. The molecule has 2 saturated carbocycles. The first-order valence-corrected chi connectivity index (χ1v) is 11.4. The Morgan fingerprint density at radius 1 is 1.23 bits per heavy atom. The van der Waals surface area contributed by atoms with Crippen LogP contribution < -0.4 is 0 Å². The Morgan fingerprint density at radius 2 is 1.97 bits per heavy atom. The van der Waals surface area contributed by atoms with Crippen molar-refractivity contribution in [1.82, 2.24) is 0 Å². The van der Waals surface area contributed by atoms with Gasteiger partial charge in [-0.3, -0.25) is 4.79 Å². The van der Waals surface area contributed by atoms with Crippen molar-refractivity contribution in [2.75, 3.05) is 0 Å². The second-order valence-electron chi connectivity index (χ2n) is 10.7. The zero-order chi connectivity index (χ0) is 21.6. The minimum Gasteiger partial charge on any atom is -0.466 e. The molecule has 2 aliphatic carbocycles. The molecule has 3 heterocycles. The van der Waals surface area contributed by atoms with Crippen molar-refractivity contribution in [3.05, 3.63) is 35.3 Å². The predicted molar refractivity (Wildman–Crippen MR) is 112 cm³/mol. The Labute approximate surface area is 178 Å². The van der Waals surface area contributed by atoms with Crippen LogP contribution in [0, 0.1) is 30.6 Å². The molecule has 4 aliphatic rings. The molecule has 0 aromatic carbocycles. The zero-order valence-corrected chi connectivity index (χ0v) is 18.9. The van der Waals surface area contributed by atoms with E-state index in [1.807, 2.05) is 26.8 Å². The van der Waals surface area contributed by atoms with Gasteiger partial charge in [-0.25, -0.2) is 0 Å². The lowest BCUT2D eigenvalue weighted by Gasteiger charge is -2.58. The van der Waals surface area contributed by atoms with Crippen molar-refractivity contribution in [1.29, 1.82) is 0 Å². The highest BCUT2D eigenvalue weighted by molar-refractivity contribution is 5.94. The molecule has 1 aromatic heterocycles. The maximum Gasteiger partial charge on any atom is 0.173 e. The summed E-state index contributed by atoms with van der Waals surface area (Å²) in [5, 5.41) is 11.7. The Kier molecular flexibility index (Phi) is 4.30. The SMILES string of the molecule is CC(C)=C[C@H]1O[C@@]2(C)C[C@H](c3occc3C)O[C@]13[C@H]2C(=O)[C@@]1(O)[C@@H](C)CC[C@H]1[C@@H]3C. The van der Waals surface area contributed by atoms with Gasteiger partial charge in [-0.1, -0.05) is 25.5 Å². The van der Waals surface area contributed by atoms with E-state index in [0.29, 0.717) is 6.42 Å². The van der Waals surface area contributed by atoms with Crippen molar-refractivity contribution in [3.63, 3.8) is 0 Å². The molecule has 1 aromatic rings. The average molecular weight is 415 g/mol. The van der Waals surface area contributed by atoms with Crippen LogP contribution in [0.4, 0.5) is 0 Å². The molecule has 2 saturated heterocycles. The van der Waals surface area contributed by atoms with Gasteiger partial charge in [-0.15, -0.1) is 0 Å². The molecule has 9 atom stereocenters. The number of carbonyl (C=O) groups is 1. The summed E-state index contributed by atoms with van der Waals surface area (Å²) in [6.45, 7) is 12.3. The van der Waals surface area contributed by atoms with E-state index < -0.39 is 22.7 Å². The summed E-state index contributed by atoms with van der Waals surface area (Å²) in [6.07, 6.45) is 5.46. The fourth-order valence-corrected chi connectivity index (χ4v) is 7.33. The van der Waals surface area contributed by atoms with Crippen molar-refractivity contribution in [2.45, 2.75) is 89.8 Å². The molecule has 0 amide bonds. The quantitative estimate of drug-likeness (QED) is 0.721. The number of furan rings is 1. The maximum absolute atomic E-state index is 14.0. The minimum absolute atomic E-state index is 0.0179. The lowest BCUT2D eigenvalue weighted by atomic mass is 9.52. The number of hydrogen-bond donors (Lipinski definition) is 1. The molecule has 4 fully saturated rings. The van der Waals surface area contributed by atoms with E-state index in [1.165, 1.54) is 0 Å². The van der Waals surface area contributed by atoms with E-state index in [1.54, 1.807) is 6.26 Å². The van der Waals surface area contributed by atoms with E-state index in [0.717, 1.165) is 29.7 Å². The zero-order valence-electron chi connectivity index (χ0n) is 18.9. The number of hydrogen-bond acceptors (Lipinski definition) is 5. The molecular weight excluding hydrogens is 380 g/mol. The Bertz CT molecular complexity index is 912. The van der Waals surface area contributed by atoms with Gasteiger partial charge >= 0.3 is 0 Å². The van der Waals surface area contributed by atoms with E-state index in [4.69, 9.17) is 13.9 Å². The van der Waals surface area contributed by atoms with Gasteiger partial charge in [0.15, 0.2) is 5.78 Å². The summed E-state index contributed by atoms with van der Waals surface area (Å²) in [5.74, 6) is 0.0826. The fourth-order valence-electron chi connectivity index (χ4n) is 7.33. The highest BCUT2D eigenvalue weighted by Crippen LogP contribution is 2.67. The summed E-state index contributed by atoms with van der Waals surface area (Å²) < 4.78 is 19.5. The Morgan fingerprint density at radius 3 is 2.60 bits per heavy atom. The van der Waals surface area contributed by atoms with Crippen LogP contribution in [-0.4, -0.2) is 33.8 Å². The minimum atomic E-state index is -1.28. The Balaban J connectivity index is 1.70. The van der Waals surface area contributed by atoms with Crippen LogP contribution in [0.25, 0.3) is 0 Å². The van der Waals surface area contributed by atoms with Crippen molar-refractivity contribution < 1.29 is 23.8 Å². The molecular formula is C25H34O5. The van der Waals surface area contributed by atoms with Crippen molar-refractivity contribution in [3.8, 4) is 0 Å². The Hall–Kier alpha value is -1.43. The number of ketones is 1. The highest BCUT2D eigenvalue weighted by Gasteiger charge is 2.78. The van der Waals surface area contributed by atoms with Gasteiger partial charge in [0.05, 0.1) is 17.8 Å². The van der Waals surface area contributed by atoms with Crippen LogP contribution >= 0.6 is 0 Å². The van der Waals surface area contributed by atoms with Crippen LogP contribution in [0.5, 0.6) is 0 Å². The number of aryl methyl sites for hydroxylation is 1.